The van der Waals surface area contributed by atoms with Crippen LogP contribution in [0.3, 0.4) is 0 Å². The van der Waals surface area contributed by atoms with Gasteiger partial charge in [0.15, 0.2) is 0 Å². The SMILES string of the molecule is COC(=O)CCc1ccc(CN)cc1.Cl. The summed E-state index contributed by atoms with van der Waals surface area (Å²) in [5, 5.41) is 0. The summed E-state index contributed by atoms with van der Waals surface area (Å²) in [7, 11) is 1.40. The lowest BCUT2D eigenvalue weighted by Gasteiger charge is -2.01. The van der Waals surface area contributed by atoms with Crippen LogP contribution >= 0.6 is 12.4 Å². The third-order valence-corrected chi connectivity index (χ3v) is 2.10. The van der Waals surface area contributed by atoms with Crippen LogP contribution in [-0.2, 0) is 22.5 Å². The van der Waals surface area contributed by atoms with Crippen LogP contribution in [0.25, 0.3) is 0 Å². The molecule has 0 aliphatic heterocycles. The molecule has 84 valence electrons. The molecule has 2 N–H and O–H groups in total. The number of methoxy groups -OCH3 is 1. The highest BCUT2D eigenvalue weighted by Gasteiger charge is 2.00. The van der Waals surface area contributed by atoms with Crippen LogP contribution in [0.5, 0.6) is 0 Å². The summed E-state index contributed by atoms with van der Waals surface area (Å²) in [6, 6.07) is 7.94. The van der Waals surface area contributed by atoms with Crippen molar-refractivity contribution < 1.29 is 9.53 Å². The predicted octanol–water partition coefficient (Wildman–Crippen LogP) is 1.67. The molecular formula is C11H16ClNO2. The molecule has 4 heteroatoms. The number of esters is 1. The average molecular weight is 230 g/mol. The van der Waals surface area contributed by atoms with Crippen LogP contribution in [-0.4, -0.2) is 13.1 Å². The van der Waals surface area contributed by atoms with Gasteiger partial charge >= 0.3 is 5.97 Å². The lowest BCUT2D eigenvalue weighted by Crippen LogP contribution is -2.02. The zero-order chi connectivity index (χ0) is 10.4. The first-order chi connectivity index (χ1) is 6.76. The highest BCUT2D eigenvalue weighted by Crippen LogP contribution is 2.06. The predicted molar refractivity (Wildman–Crippen MR) is 61.9 cm³/mol. The Morgan fingerprint density at radius 3 is 2.27 bits per heavy atom. The fourth-order valence-electron chi connectivity index (χ4n) is 1.19. The monoisotopic (exact) mass is 229 g/mol. The Morgan fingerprint density at radius 1 is 1.27 bits per heavy atom. The largest absolute Gasteiger partial charge is 0.469 e. The van der Waals surface area contributed by atoms with E-state index in [1.807, 2.05) is 24.3 Å². The number of benzene rings is 1. The molecule has 0 bridgehead atoms. The van der Waals surface area contributed by atoms with Gasteiger partial charge in [0, 0.05) is 13.0 Å². The minimum atomic E-state index is -0.173. The normalized spacial score (nSPS) is 9.20. The van der Waals surface area contributed by atoms with E-state index in [1.54, 1.807) is 0 Å². The molecule has 3 nitrogen and oxygen atoms in total. The van der Waals surface area contributed by atoms with E-state index in [-0.39, 0.29) is 18.4 Å². The Hall–Kier alpha value is -1.06. The van der Waals surface area contributed by atoms with E-state index in [0.29, 0.717) is 13.0 Å². The molecule has 0 amide bonds. The Bertz CT molecular complexity index is 298. The van der Waals surface area contributed by atoms with Crippen molar-refractivity contribution in [1.82, 2.24) is 0 Å². The number of carbonyl (C=O) groups excluding carboxylic acids is 1. The van der Waals surface area contributed by atoms with Gasteiger partial charge in [-0.05, 0) is 17.5 Å². The Balaban J connectivity index is 0.00000196. The van der Waals surface area contributed by atoms with Crippen molar-refractivity contribution >= 4 is 18.4 Å². The van der Waals surface area contributed by atoms with E-state index < -0.39 is 0 Å². The summed E-state index contributed by atoms with van der Waals surface area (Å²) in [6.45, 7) is 0.553. The van der Waals surface area contributed by atoms with Crippen molar-refractivity contribution in [3.05, 3.63) is 35.4 Å². The van der Waals surface area contributed by atoms with Gasteiger partial charge < -0.3 is 10.5 Å². The van der Waals surface area contributed by atoms with Gasteiger partial charge in [-0.3, -0.25) is 4.79 Å². The highest BCUT2D eigenvalue weighted by atomic mass is 35.5. The van der Waals surface area contributed by atoms with Crippen LogP contribution in [0, 0.1) is 0 Å². The molecular weight excluding hydrogens is 214 g/mol. The quantitative estimate of drug-likeness (QED) is 0.800. The van der Waals surface area contributed by atoms with Crippen LogP contribution in [0.1, 0.15) is 17.5 Å². The molecule has 0 aliphatic carbocycles. The van der Waals surface area contributed by atoms with Gasteiger partial charge in [-0.25, -0.2) is 0 Å². The van der Waals surface area contributed by atoms with E-state index in [2.05, 4.69) is 4.74 Å². The second-order valence-electron chi connectivity index (χ2n) is 3.10. The molecule has 0 fully saturated rings. The van der Waals surface area contributed by atoms with Crippen molar-refractivity contribution in [2.24, 2.45) is 5.73 Å². The van der Waals surface area contributed by atoms with Crippen molar-refractivity contribution in [3.8, 4) is 0 Å². The standard InChI is InChI=1S/C11H15NO2.ClH/c1-14-11(13)7-6-9-2-4-10(8-12)5-3-9;/h2-5H,6-8,12H2,1H3;1H. The van der Waals surface area contributed by atoms with E-state index in [9.17, 15) is 4.79 Å². The fourth-order valence-corrected chi connectivity index (χ4v) is 1.19. The van der Waals surface area contributed by atoms with Gasteiger partial charge in [-0.15, -0.1) is 12.4 Å². The molecule has 0 atom stereocenters. The summed E-state index contributed by atoms with van der Waals surface area (Å²) in [5.74, 6) is -0.173. The molecule has 0 saturated carbocycles. The molecule has 0 radical (unpaired) electrons. The van der Waals surface area contributed by atoms with Gasteiger partial charge in [0.1, 0.15) is 0 Å². The Kier molecular flexibility index (Phi) is 6.75. The molecule has 0 aliphatic rings. The second-order valence-corrected chi connectivity index (χ2v) is 3.10. The summed E-state index contributed by atoms with van der Waals surface area (Å²) in [4.78, 5) is 10.9. The van der Waals surface area contributed by atoms with Crippen LogP contribution < -0.4 is 5.73 Å². The van der Waals surface area contributed by atoms with E-state index in [0.717, 1.165) is 17.5 Å². The first-order valence-electron chi connectivity index (χ1n) is 4.61. The molecule has 0 heterocycles. The molecule has 0 spiro atoms. The lowest BCUT2D eigenvalue weighted by atomic mass is 10.1. The number of carbonyl (C=O) groups is 1. The molecule has 1 rings (SSSR count). The molecule has 15 heavy (non-hydrogen) atoms. The van der Waals surface area contributed by atoms with Gasteiger partial charge in [-0.2, -0.15) is 0 Å². The summed E-state index contributed by atoms with van der Waals surface area (Å²) in [6.07, 6.45) is 1.15. The van der Waals surface area contributed by atoms with Crippen molar-refractivity contribution in [3.63, 3.8) is 0 Å². The van der Waals surface area contributed by atoms with Crippen LogP contribution in [0.15, 0.2) is 24.3 Å². The highest BCUT2D eigenvalue weighted by molar-refractivity contribution is 5.85. The number of nitrogens with two attached hydrogens (primary N) is 1. The van der Waals surface area contributed by atoms with E-state index in [1.165, 1.54) is 7.11 Å². The van der Waals surface area contributed by atoms with Gasteiger partial charge in [0.25, 0.3) is 0 Å². The maximum Gasteiger partial charge on any atom is 0.305 e. The third kappa shape index (κ3) is 4.81. The first-order valence-corrected chi connectivity index (χ1v) is 4.61. The van der Waals surface area contributed by atoms with Gasteiger partial charge in [0.05, 0.1) is 7.11 Å². The van der Waals surface area contributed by atoms with Crippen molar-refractivity contribution in [2.75, 3.05) is 7.11 Å². The minimum Gasteiger partial charge on any atom is -0.469 e. The zero-order valence-electron chi connectivity index (χ0n) is 8.73. The minimum absolute atomic E-state index is 0. The summed E-state index contributed by atoms with van der Waals surface area (Å²) in [5.41, 5.74) is 7.71. The van der Waals surface area contributed by atoms with Gasteiger partial charge in [0.2, 0.25) is 0 Å². The topological polar surface area (TPSA) is 52.3 Å². The Morgan fingerprint density at radius 2 is 1.80 bits per heavy atom. The third-order valence-electron chi connectivity index (χ3n) is 2.10. The van der Waals surface area contributed by atoms with Gasteiger partial charge in [-0.1, -0.05) is 24.3 Å². The number of hydrogen-bond acceptors (Lipinski definition) is 3. The first kappa shape index (κ1) is 13.9. The Labute approximate surface area is 96.0 Å². The number of hydrogen-bond donors (Lipinski definition) is 1. The summed E-state index contributed by atoms with van der Waals surface area (Å²) >= 11 is 0. The van der Waals surface area contributed by atoms with Crippen molar-refractivity contribution in [1.29, 1.82) is 0 Å². The number of aryl methyl sites for hydroxylation is 1. The maximum atomic E-state index is 10.9. The second kappa shape index (κ2) is 7.26. The summed E-state index contributed by atoms with van der Waals surface area (Å²) < 4.78 is 4.56. The van der Waals surface area contributed by atoms with Crippen LogP contribution in [0.4, 0.5) is 0 Å². The van der Waals surface area contributed by atoms with E-state index >= 15 is 0 Å². The van der Waals surface area contributed by atoms with E-state index in [4.69, 9.17) is 5.73 Å². The smallest absolute Gasteiger partial charge is 0.305 e. The maximum absolute atomic E-state index is 10.9. The molecule has 0 aromatic heterocycles. The molecule has 0 saturated heterocycles. The molecule has 0 unspecified atom stereocenters. The average Bonchev–Trinajstić information content (AvgIpc) is 2.26. The van der Waals surface area contributed by atoms with Crippen LogP contribution in [0.2, 0.25) is 0 Å². The fraction of sp³-hybridized carbons (Fsp3) is 0.364. The zero-order valence-corrected chi connectivity index (χ0v) is 9.55. The number of halogens is 1. The van der Waals surface area contributed by atoms with Crippen molar-refractivity contribution in [2.45, 2.75) is 19.4 Å². The molecule has 1 aromatic rings. The molecule has 1 aromatic carbocycles. The lowest BCUT2D eigenvalue weighted by molar-refractivity contribution is -0.140. The number of rotatable bonds is 4. The number of ether oxygens (including phenoxy) is 1.